The van der Waals surface area contributed by atoms with Gasteiger partial charge in [-0.05, 0) is 37.8 Å². The zero-order valence-corrected chi connectivity index (χ0v) is 17.7. The lowest BCUT2D eigenvalue weighted by atomic mass is 10.1. The first-order chi connectivity index (χ1) is 14.2. The summed E-state index contributed by atoms with van der Waals surface area (Å²) in [6.07, 6.45) is 3.11. The van der Waals surface area contributed by atoms with Gasteiger partial charge >= 0.3 is 0 Å². The number of thioether (sulfide) groups is 1. The van der Waals surface area contributed by atoms with Crippen LogP contribution in [0.25, 0.3) is 11.4 Å². The molecule has 0 radical (unpaired) electrons. The van der Waals surface area contributed by atoms with Gasteiger partial charge in [-0.3, -0.25) is 4.79 Å². The van der Waals surface area contributed by atoms with Gasteiger partial charge in [0.1, 0.15) is 5.25 Å². The average Bonchev–Trinajstić information content (AvgIpc) is 3.45. The third kappa shape index (κ3) is 4.70. The predicted molar refractivity (Wildman–Crippen MR) is 117 cm³/mol. The number of carbonyl (C=O) groups excluding carboxylic acids is 1. The van der Waals surface area contributed by atoms with Gasteiger partial charge in [0.25, 0.3) is 0 Å². The van der Waals surface area contributed by atoms with Crippen LogP contribution in [0.2, 0.25) is 0 Å². The second kappa shape index (κ2) is 8.82. The fourth-order valence-electron chi connectivity index (χ4n) is 3.31. The molecule has 0 aliphatic heterocycles. The Hall–Kier alpha value is -2.60. The Balaban J connectivity index is 1.67. The molecule has 29 heavy (non-hydrogen) atoms. The SMILES string of the molecule is CCCn1c(S[C@@H](C(=O)NC2CC2)c2ccccc2)nnc1-c1cccc(C)c1. The topological polar surface area (TPSA) is 59.8 Å². The highest BCUT2D eigenvalue weighted by atomic mass is 32.2. The van der Waals surface area contributed by atoms with Gasteiger partial charge in [-0.15, -0.1) is 10.2 Å². The minimum Gasteiger partial charge on any atom is -0.352 e. The van der Waals surface area contributed by atoms with E-state index < -0.39 is 0 Å². The fourth-order valence-corrected chi connectivity index (χ4v) is 4.38. The maximum absolute atomic E-state index is 13.0. The summed E-state index contributed by atoms with van der Waals surface area (Å²) in [4.78, 5) is 13.0. The molecule has 1 aromatic heterocycles. The number of benzene rings is 2. The summed E-state index contributed by atoms with van der Waals surface area (Å²) in [5.74, 6) is 0.902. The molecular weight excluding hydrogens is 380 g/mol. The Kier molecular flexibility index (Phi) is 6.00. The van der Waals surface area contributed by atoms with Crippen LogP contribution in [0.3, 0.4) is 0 Å². The third-order valence-electron chi connectivity index (χ3n) is 4.93. The number of aromatic nitrogens is 3. The highest BCUT2D eigenvalue weighted by molar-refractivity contribution is 8.00. The van der Waals surface area contributed by atoms with E-state index in [0.717, 1.165) is 47.9 Å². The van der Waals surface area contributed by atoms with E-state index in [4.69, 9.17) is 0 Å². The average molecular weight is 407 g/mol. The standard InChI is InChI=1S/C23H26N4OS/c1-3-14-27-21(18-11-7-8-16(2)15-18)25-26-23(27)29-20(17-9-5-4-6-10-17)22(28)24-19-12-13-19/h4-11,15,19-20H,3,12-14H2,1-2H3,(H,24,28)/t20-/m1/s1. The highest BCUT2D eigenvalue weighted by Gasteiger charge is 2.30. The third-order valence-corrected chi connectivity index (χ3v) is 6.16. The first-order valence-corrected chi connectivity index (χ1v) is 11.1. The van der Waals surface area contributed by atoms with Gasteiger partial charge in [-0.25, -0.2) is 0 Å². The van der Waals surface area contributed by atoms with Crippen LogP contribution < -0.4 is 5.32 Å². The molecule has 5 nitrogen and oxygen atoms in total. The van der Waals surface area contributed by atoms with Crippen LogP contribution in [-0.2, 0) is 11.3 Å². The molecule has 1 fully saturated rings. The Labute approximate surface area is 175 Å². The number of nitrogens with zero attached hydrogens (tertiary/aromatic N) is 3. The number of rotatable bonds is 8. The van der Waals surface area contributed by atoms with Crippen LogP contribution in [0.5, 0.6) is 0 Å². The second-order valence-electron chi connectivity index (χ2n) is 7.52. The second-order valence-corrected chi connectivity index (χ2v) is 8.59. The van der Waals surface area contributed by atoms with Crippen molar-refractivity contribution < 1.29 is 4.79 Å². The lowest BCUT2D eigenvalue weighted by Crippen LogP contribution is -2.30. The number of hydrogen-bond acceptors (Lipinski definition) is 4. The lowest BCUT2D eigenvalue weighted by molar-refractivity contribution is -0.120. The van der Waals surface area contributed by atoms with Gasteiger partial charge in [0.2, 0.25) is 5.91 Å². The van der Waals surface area contributed by atoms with E-state index in [1.165, 1.54) is 17.3 Å². The van der Waals surface area contributed by atoms with Gasteiger partial charge < -0.3 is 9.88 Å². The first-order valence-electron chi connectivity index (χ1n) is 10.2. The van der Waals surface area contributed by atoms with Crippen LogP contribution in [0.4, 0.5) is 0 Å². The van der Waals surface area contributed by atoms with Gasteiger partial charge in [-0.1, -0.05) is 72.8 Å². The maximum atomic E-state index is 13.0. The number of carbonyl (C=O) groups is 1. The summed E-state index contributed by atoms with van der Waals surface area (Å²) < 4.78 is 2.14. The molecule has 1 aliphatic carbocycles. The van der Waals surface area contributed by atoms with Crippen molar-refractivity contribution in [3.8, 4) is 11.4 Å². The van der Waals surface area contributed by atoms with Gasteiger partial charge in [0.05, 0.1) is 0 Å². The van der Waals surface area contributed by atoms with Crippen molar-refractivity contribution in [3.05, 3.63) is 65.7 Å². The van der Waals surface area contributed by atoms with Crippen molar-refractivity contribution in [1.82, 2.24) is 20.1 Å². The molecule has 1 amide bonds. The van der Waals surface area contributed by atoms with E-state index in [1.807, 2.05) is 36.4 Å². The van der Waals surface area contributed by atoms with Crippen molar-refractivity contribution in [2.45, 2.75) is 56.1 Å². The molecule has 1 aliphatic rings. The summed E-state index contributed by atoms with van der Waals surface area (Å²) in [7, 11) is 0. The van der Waals surface area contributed by atoms with Crippen LogP contribution in [-0.4, -0.2) is 26.7 Å². The van der Waals surface area contributed by atoms with Gasteiger partial charge in [0.15, 0.2) is 11.0 Å². The molecule has 1 atom stereocenters. The van der Waals surface area contributed by atoms with E-state index in [0.29, 0.717) is 6.04 Å². The monoisotopic (exact) mass is 406 g/mol. The summed E-state index contributed by atoms with van der Waals surface area (Å²) in [6.45, 7) is 5.03. The molecule has 1 N–H and O–H groups in total. The summed E-state index contributed by atoms with van der Waals surface area (Å²) in [5, 5.41) is 12.6. The lowest BCUT2D eigenvalue weighted by Gasteiger charge is -2.17. The largest absolute Gasteiger partial charge is 0.352 e. The quantitative estimate of drug-likeness (QED) is 0.547. The summed E-state index contributed by atoms with van der Waals surface area (Å²) >= 11 is 1.48. The molecule has 0 unspecified atom stereocenters. The molecule has 2 aromatic carbocycles. The van der Waals surface area contributed by atoms with E-state index >= 15 is 0 Å². The Bertz CT molecular complexity index is 982. The molecule has 1 saturated carbocycles. The van der Waals surface area contributed by atoms with E-state index in [-0.39, 0.29) is 11.2 Å². The van der Waals surface area contributed by atoms with Crippen molar-refractivity contribution in [2.24, 2.45) is 0 Å². The van der Waals surface area contributed by atoms with Gasteiger partial charge in [-0.2, -0.15) is 0 Å². The normalized spacial score (nSPS) is 14.6. The van der Waals surface area contributed by atoms with Crippen molar-refractivity contribution in [3.63, 3.8) is 0 Å². The maximum Gasteiger partial charge on any atom is 0.238 e. The zero-order valence-electron chi connectivity index (χ0n) is 16.8. The van der Waals surface area contributed by atoms with E-state index in [9.17, 15) is 4.79 Å². The molecule has 6 heteroatoms. The van der Waals surface area contributed by atoms with Crippen molar-refractivity contribution >= 4 is 17.7 Å². The smallest absolute Gasteiger partial charge is 0.238 e. The molecule has 4 rings (SSSR count). The number of nitrogens with one attached hydrogen (secondary N) is 1. The van der Waals surface area contributed by atoms with E-state index in [2.05, 4.69) is 52.1 Å². The van der Waals surface area contributed by atoms with Crippen molar-refractivity contribution in [2.75, 3.05) is 0 Å². The number of amides is 1. The first kappa shape index (κ1) is 19.7. The summed E-state index contributed by atoms with van der Waals surface area (Å²) in [5.41, 5.74) is 3.23. The minimum absolute atomic E-state index is 0.0480. The van der Waals surface area contributed by atoms with Crippen molar-refractivity contribution in [1.29, 1.82) is 0 Å². The Morgan fingerprint density at radius 1 is 1.17 bits per heavy atom. The summed E-state index contributed by atoms with van der Waals surface area (Å²) in [6, 6.07) is 18.6. The van der Waals surface area contributed by atoms with E-state index in [1.54, 1.807) is 0 Å². The Morgan fingerprint density at radius 3 is 2.66 bits per heavy atom. The molecule has 0 spiro atoms. The predicted octanol–water partition coefficient (Wildman–Crippen LogP) is 4.78. The molecule has 3 aromatic rings. The highest BCUT2D eigenvalue weighted by Crippen LogP contribution is 2.37. The van der Waals surface area contributed by atoms with Gasteiger partial charge in [0, 0.05) is 18.2 Å². The Morgan fingerprint density at radius 2 is 1.97 bits per heavy atom. The van der Waals surface area contributed by atoms with Crippen LogP contribution in [0, 0.1) is 6.92 Å². The fraction of sp³-hybridized carbons (Fsp3) is 0.348. The van der Waals surface area contributed by atoms with Crippen LogP contribution in [0.1, 0.15) is 42.6 Å². The molecule has 0 saturated heterocycles. The molecule has 0 bridgehead atoms. The zero-order chi connectivity index (χ0) is 20.2. The van der Waals surface area contributed by atoms with Crippen LogP contribution >= 0.6 is 11.8 Å². The minimum atomic E-state index is -0.345. The molecule has 150 valence electrons. The number of hydrogen-bond donors (Lipinski definition) is 1. The number of aryl methyl sites for hydroxylation is 1. The molecule has 1 heterocycles. The molecular formula is C23H26N4OS. The van der Waals surface area contributed by atoms with Crippen LogP contribution in [0.15, 0.2) is 59.8 Å².